The zero-order chi connectivity index (χ0) is 12.1. The Kier molecular flexibility index (Phi) is 4.28. The van der Waals surface area contributed by atoms with E-state index in [-0.39, 0.29) is 31.2 Å². The molecule has 90 valence electrons. The average molecular weight is 228 g/mol. The van der Waals surface area contributed by atoms with Gasteiger partial charge in [-0.1, -0.05) is 0 Å². The highest BCUT2D eigenvalue weighted by molar-refractivity contribution is 5.86. The van der Waals surface area contributed by atoms with Crippen molar-refractivity contribution in [3.63, 3.8) is 0 Å². The fraction of sp³-hybridized carbons (Fsp3) is 0.700. The summed E-state index contributed by atoms with van der Waals surface area (Å²) in [6.07, 6.45) is 0.274. The highest BCUT2D eigenvalue weighted by atomic mass is 16.4. The van der Waals surface area contributed by atoms with Crippen LogP contribution >= 0.6 is 0 Å². The topological polar surface area (TPSA) is 86.7 Å². The van der Waals surface area contributed by atoms with Gasteiger partial charge < -0.3 is 15.3 Å². The van der Waals surface area contributed by atoms with Crippen molar-refractivity contribution in [1.82, 2.24) is 10.2 Å². The van der Waals surface area contributed by atoms with Gasteiger partial charge in [0.2, 0.25) is 11.8 Å². The van der Waals surface area contributed by atoms with Crippen LogP contribution in [0.4, 0.5) is 0 Å². The molecule has 16 heavy (non-hydrogen) atoms. The number of aliphatic carboxylic acids is 1. The summed E-state index contributed by atoms with van der Waals surface area (Å²) in [6.45, 7) is 2.89. The summed E-state index contributed by atoms with van der Waals surface area (Å²) in [5.74, 6) is -1.87. The Bertz CT molecular complexity index is 303. The molecule has 0 radical (unpaired) electrons. The lowest BCUT2D eigenvalue weighted by atomic mass is 10.1. The number of carbonyl (C=O) groups is 3. The molecule has 1 saturated heterocycles. The molecule has 0 bridgehead atoms. The van der Waals surface area contributed by atoms with Crippen LogP contribution in [0, 0.1) is 5.92 Å². The first-order valence-corrected chi connectivity index (χ1v) is 5.31. The molecule has 0 aliphatic carbocycles. The zero-order valence-electron chi connectivity index (χ0n) is 9.23. The number of carbonyl (C=O) groups excluding carboxylic acids is 2. The maximum atomic E-state index is 11.4. The number of hydrogen-bond acceptors (Lipinski definition) is 3. The summed E-state index contributed by atoms with van der Waals surface area (Å²) < 4.78 is 0. The number of carboxylic acid groups (broad SMARTS) is 1. The smallest absolute Gasteiger partial charge is 0.308 e. The Labute approximate surface area is 93.6 Å². The van der Waals surface area contributed by atoms with Crippen LogP contribution in [0.3, 0.4) is 0 Å². The monoisotopic (exact) mass is 228 g/mol. The van der Waals surface area contributed by atoms with Crippen LogP contribution in [0.15, 0.2) is 0 Å². The molecule has 1 heterocycles. The molecule has 0 saturated carbocycles. The van der Waals surface area contributed by atoms with Gasteiger partial charge in [0.15, 0.2) is 0 Å². The van der Waals surface area contributed by atoms with E-state index in [0.717, 1.165) is 0 Å². The third-order valence-corrected chi connectivity index (χ3v) is 2.55. The van der Waals surface area contributed by atoms with Crippen LogP contribution in [0.5, 0.6) is 0 Å². The Hall–Kier alpha value is -1.59. The fourth-order valence-corrected chi connectivity index (χ4v) is 1.68. The summed E-state index contributed by atoms with van der Waals surface area (Å²) in [7, 11) is 0. The second-order valence-electron chi connectivity index (χ2n) is 3.78. The van der Waals surface area contributed by atoms with Crippen LogP contribution in [0.1, 0.15) is 19.8 Å². The molecule has 6 heteroatoms. The Balaban J connectivity index is 2.36. The number of likely N-dealkylation sites (tertiary alicyclic amines) is 1. The summed E-state index contributed by atoms with van der Waals surface area (Å²) in [6, 6.07) is 0. The standard InChI is InChI=1S/C10H16N2O4/c1-2-11-8(13)3-4-12-6-7(10(15)16)5-9(12)14/h7H,2-6H2,1H3,(H,11,13)(H,15,16). The highest BCUT2D eigenvalue weighted by Crippen LogP contribution is 2.17. The van der Waals surface area contributed by atoms with Crippen LogP contribution in [-0.4, -0.2) is 47.4 Å². The second-order valence-corrected chi connectivity index (χ2v) is 3.78. The van der Waals surface area contributed by atoms with Gasteiger partial charge in [-0.25, -0.2) is 0 Å². The van der Waals surface area contributed by atoms with Crippen molar-refractivity contribution >= 4 is 17.8 Å². The molecular weight excluding hydrogens is 212 g/mol. The third-order valence-electron chi connectivity index (χ3n) is 2.55. The van der Waals surface area contributed by atoms with Gasteiger partial charge in [0.05, 0.1) is 5.92 Å². The average Bonchev–Trinajstić information content (AvgIpc) is 2.58. The molecule has 2 amide bonds. The molecule has 1 unspecified atom stereocenters. The van der Waals surface area contributed by atoms with E-state index in [1.807, 2.05) is 6.92 Å². The molecule has 0 aromatic rings. The minimum atomic E-state index is -0.950. The first-order valence-electron chi connectivity index (χ1n) is 5.31. The van der Waals surface area contributed by atoms with E-state index in [1.165, 1.54) is 4.90 Å². The predicted molar refractivity (Wildman–Crippen MR) is 55.6 cm³/mol. The van der Waals surface area contributed by atoms with Crippen molar-refractivity contribution in [1.29, 1.82) is 0 Å². The van der Waals surface area contributed by atoms with Crippen molar-refractivity contribution in [3.05, 3.63) is 0 Å². The number of carboxylic acids is 1. The maximum Gasteiger partial charge on any atom is 0.308 e. The van der Waals surface area contributed by atoms with Gasteiger partial charge in [0, 0.05) is 32.5 Å². The summed E-state index contributed by atoms with van der Waals surface area (Å²) in [4.78, 5) is 34.7. The first-order chi connectivity index (χ1) is 7.54. The Morgan fingerprint density at radius 3 is 2.75 bits per heavy atom. The summed E-state index contributed by atoms with van der Waals surface area (Å²) in [5.41, 5.74) is 0. The van der Waals surface area contributed by atoms with Crippen molar-refractivity contribution in [2.45, 2.75) is 19.8 Å². The number of nitrogens with zero attached hydrogens (tertiary/aromatic N) is 1. The van der Waals surface area contributed by atoms with E-state index in [0.29, 0.717) is 13.1 Å². The Morgan fingerprint density at radius 2 is 2.25 bits per heavy atom. The minimum absolute atomic E-state index is 0.0464. The van der Waals surface area contributed by atoms with Crippen molar-refractivity contribution in [2.75, 3.05) is 19.6 Å². The lowest BCUT2D eigenvalue weighted by molar-refractivity contribution is -0.141. The van der Waals surface area contributed by atoms with E-state index in [9.17, 15) is 14.4 Å². The van der Waals surface area contributed by atoms with E-state index < -0.39 is 11.9 Å². The molecule has 0 aromatic carbocycles. The van der Waals surface area contributed by atoms with Crippen molar-refractivity contribution in [2.24, 2.45) is 5.92 Å². The maximum absolute atomic E-state index is 11.4. The molecule has 6 nitrogen and oxygen atoms in total. The minimum Gasteiger partial charge on any atom is -0.481 e. The van der Waals surface area contributed by atoms with Crippen molar-refractivity contribution < 1.29 is 19.5 Å². The van der Waals surface area contributed by atoms with Crippen molar-refractivity contribution in [3.8, 4) is 0 Å². The van der Waals surface area contributed by atoms with Gasteiger partial charge in [-0.2, -0.15) is 0 Å². The van der Waals surface area contributed by atoms with E-state index in [1.54, 1.807) is 0 Å². The number of nitrogens with one attached hydrogen (secondary N) is 1. The van der Waals surface area contributed by atoms with Crippen LogP contribution in [0.25, 0.3) is 0 Å². The second kappa shape index (κ2) is 5.48. The molecule has 2 N–H and O–H groups in total. The van der Waals surface area contributed by atoms with Gasteiger partial charge in [-0.15, -0.1) is 0 Å². The lowest BCUT2D eigenvalue weighted by Gasteiger charge is -2.15. The quantitative estimate of drug-likeness (QED) is 0.660. The molecule has 1 aliphatic heterocycles. The third kappa shape index (κ3) is 3.22. The predicted octanol–water partition coefficient (Wildman–Crippen LogP) is -0.554. The SMILES string of the molecule is CCNC(=O)CCN1CC(C(=O)O)CC1=O. The van der Waals surface area contributed by atoms with E-state index in [4.69, 9.17) is 5.11 Å². The van der Waals surface area contributed by atoms with E-state index >= 15 is 0 Å². The number of rotatable bonds is 5. The number of hydrogen-bond donors (Lipinski definition) is 2. The van der Waals surface area contributed by atoms with Gasteiger partial charge in [-0.05, 0) is 6.92 Å². The lowest BCUT2D eigenvalue weighted by Crippen LogP contribution is -2.32. The van der Waals surface area contributed by atoms with Gasteiger partial charge in [0.1, 0.15) is 0 Å². The molecule has 1 fully saturated rings. The molecule has 1 rings (SSSR count). The summed E-state index contributed by atoms with van der Waals surface area (Å²) in [5, 5.41) is 11.4. The highest BCUT2D eigenvalue weighted by Gasteiger charge is 2.33. The van der Waals surface area contributed by atoms with Crippen LogP contribution in [-0.2, 0) is 14.4 Å². The summed E-state index contributed by atoms with van der Waals surface area (Å²) >= 11 is 0. The molecule has 0 aromatic heterocycles. The molecular formula is C10H16N2O4. The normalized spacial score (nSPS) is 19.9. The van der Waals surface area contributed by atoms with Gasteiger partial charge in [0.25, 0.3) is 0 Å². The van der Waals surface area contributed by atoms with Crippen LogP contribution in [0.2, 0.25) is 0 Å². The molecule has 1 atom stereocenters. The molecule has 1 aliphatic rings. The van der Waals surface area contributed by atoms with Gasteiger partial charge >= 0.3 is 5.97 Å². The van der Waals surface area contributed by atoms with E-state index in [2.05, 4.69) is 5.32 Å². The largest absolute Gasteiger partial charge is 0.481 e. The Morgan fingerprint density at radius 1 is 1.56 bits per heavy atom. The molecule has 0 spiro atoms. The first kappa shape index (κ1) is 12.5. The zero-order valence-corrected chi connectivity index (χ0v) is 9.23. The fourth-order valence-electron chi connectivity index (χ4n) is 1.68. The van der Waals surface area contributed by atoms with Crippen LogP contribution < -0.4 is 5.32 Å². The number of amides is 2. The van der Waals surface area contributed by atoms with Gasteiger partial charge in [-0.3, -0.25) is 14.4 Å².